The Bertz CT molecular complexity index is 628. The largest absolute Gasteiger partial charge is 0.355 e. The molecule has 0 saturated carbocycles. The summed E-state index contributed by atoms with van der Waals surface area (Å²) in [5.41, 5.74) is 2.01. The second-order valence-electron chi connectivity index (χ2n) is 4.68. The number of H-pyrrole nitrogens is 1. The lowest BCUT2D eigenvalue weighted by atomic mass is 9.87. The van der Waals surface area contributed by atoms with Gasteiger partial charge in [-0.3, -0.25) is 10.1 Å². The van der Waals surface area contributed by atoms with Gasteiger partial charge in [0.15, 0.2) is 0 Å². The van der Waals surface area contributed by atoms with Gasteiger partial charge < -0.3 is 4.98 Å². The molecule has 1 aliphatic carbocycles. The zero-order valence-electron chi connectivity index (χ0n) is 9.93. The van der Waals surface area contributed by atoms with Gasteiger partial charge in [-0.2, -0.15) is 0 Å². The summed E-state index contributed by atoms with van der Waals surface area (Å²) in [6, 6.07) is 5.27. The van der Waals surface area contributed by atoms with Crippen molar-refractivity contribution >= 4 is 16.6 Å². The number of hydrogen-bond donors (Lipinski definition) is 1. The van der Waals surface area contributed by atoms with E-state index in [0.29, 0.717) is 11.4 Å². The van der Waals surface area contributed by atoms with Crippen molar-refractivity contribution in [3.8, 4) is 0 Å². The van der Waals surface area contributed by atoms with Crippen molar-refractivity contribution in [2.24, 2.45) is 0 Å². The molecule has 0 spiro atoms. The highest BCUT2D eigenvalue weighted by Crippen LogP contribution is 2.36. The van der Waals surface area contributed by atoms with Crippen LogP contribution in [0.25, 0.3) is 10.9 Å². The maximum atomic E-state index is 11.0. The van der Waals surface area contributed by atoms with Gasteiger partial charge in [0, 0.05) is 17.6 Å². The van der Waals surface area contributed by atoms with E-state index in [4.69, 9.17) is 0 Å². The molecule has 1 atom stereocenters. The SMILES string of the molecule is O=[N+]([O-])c1cccc2c(C3CC=CCC3)c[nH]c12. The van der Waals surface area contributed by atoms with Gasteiger partial charge in [-0.05, 0) is 30.7 Å². The van der Waals surface area contributed by atoms with E-state index >= 15 is 0 Å². The van der Waals surface area contributed by atoms with E-state index < -0.39 is 0 Å². The molecule has 4 nitrogen and oxygen atoms in total. The molecule has 4 heteroatoms. The molecule has 1 aromatic carbocycles. The fourth-order valence-electron chi connectivity index (χ4n) is 2.73. The third-order valence-corrected chi connectivity index (χ3v) is 3.63. The Morgan fingerprint density at radius 3 is 2.94 bits per heavy atom. The Labute approximate surface area is 104 Å². The number of para-hydroxylation sites is 1. The summed E-state index contributed by atoms with van der Waals surface area (Å²) in [6.45, 7) is 0. The molecular formula is C14H14N2O2. The van der Waals surface area contributed by atoms with Crippen molar-refractivity contribution in [2.45, 2.75) is 25.2 Å². The van der Waals surface area contributed by atoms with Crippen LogP contribution in [0.3, 0.4) is 0 Å². The summed E-state index contributed by atoms with van der Waals surface area (Å²) < 4.78 is 0. The first-order valence-electron chi connectivity index (χ1n) is 6.17. The highest BCUT2D eigenvalue weighted by atomic mass is 16.6. The lowest BCUT2D eigenvalue weighted by Gasteiger charge is -2.16. The van der Waals surface area contributed by atoms with Crippen LogP contribution in [0.1, 0.15) is 30.7 Å². The number of benzene rings is 1. The minimum absolute atomic E-state index is 0.158. The van der Waals surface area contributed by atoms with Crippen LogP contribution in [-0.2, 0) is 0 Å². The van der Waals surface area contributed by atoms with Crippen LogP contribution in [0, 0.1) is 10.1 Å². The average molecular weight is 242 g/mol. The molecule has 0 amide bonds. The quantitative estimate of drug-likeness (QED) is 0.493. The Hall–Kier alpha value is -2.10. The highest BCUT2D eigenvalue weighted by Gasteiger charge is 2.20. The summed E-state index contributed by atoms with van der Waals surface area (Å²) in [7, 11) is 0. The van der Waals surface area contributed by atoms with Crippen LogP contribution in [0.4, 0.5) is 5.69 Å². The van der Waals surface area contributed by atoms with Crippen molar-refractivity contribution in [2.75, 3.05) is 0 Å². The maximum absolute atomic E-state index is 11.0. The fourth-order valence-corrected chi connectivity index (χ4v) is 2.73. The summed E-state index contributed by atoms with van der Waals surface area (Å²) in [4.78, 5) is 13.7. The first-order valence-corrected chi connectivity index (χ1v) is 6.17. The van der Waals surface area contributed by atoms with Gasteiger partial charge in [-0.25, -0.2) is 0 Å². The molecule has 0 saturated heterocycles. The van der Waals surface area contributed by atoms with E-state index in [1.54, 1.807) is 12.1 Å². The van der Waals surface area contributed by atoms with Crippen molar-refractivity contribution in [1.29, 1.82) is 0 Å². The van der Waals surface area contributed by atoms with Crippen molar-refractivity contribution in [1.82, 2.24) is 4.98 Å². The predicted octanol–water partition coefficient (Wildman–Crippen LogP) is 3.90. The van der Waals surface area contributed by atoms with Gasteiger partial charge in [0.1, 0.15) is 5.52 Å². The molecule has 1 heterocycles. The second kappa shape index (κ2) is 4.29. The first-order chi connectivity index (χ1) is 8.77. The van der Waals surface area contributed by atoms with Crippen molar-refractivity contribution in [3.63, 3.8) is 0 Å². The zero-order chi connectivity index (χ0) is 12.5. The van der Waals surface area contributed by atoms with E-state index in [2.05, 4.69) is 17.1 Å². The molecule has 18 heavy (non-hydrogen) atoms. The van der Waals surface area contributed by atoms with Crippen LogP contribution in [0.15, 0.2) is 36.5 Å². The van der Waals surface area contributed by atoms with Gasteiger partial charge in [0.2, 0.25) is 0 Å². The highest BCUT2D eigenvalue weighted by molar-refractivity contribution is 5.91. The van der Waals surface area contributed by atoms with Crippen LogP contribution in [0.5, 0.6) is 0 Å². The van der Waals surface area contributed by atoms with Crippen molar-refractivity contribution in [3.05, 3.63) is 52.2 Å². The van der Waals surface area contributed by atoms with Crippen molar-refractivity contribution < 1.29 is 4.92 Å². The molecule has 1 aliphatic rings. The molecule has 2 aromatic rings. The molecular weight excluding hydrogens is 228 g/mol. The number of nitro groups is 1. The Morgan fingerprint density at radius 1 is 1.33 bits per heavy atom. The monoisotopic (exact) mass is 242 g/mol. The number of allylic oxidation sites excluding steroid dienone is 2. The first kappa shape index (κ1) is 11.0. The smallest absolute Gasteiger partial charge is 0.293 e. The predicted molar refractivity (Wildman–Crippen MR) is 70.7 cm³/mol. The van der Waals surface area contributed by atoms with Crippen LogP contribution >= 0.6 is 0 Å². The standard InChI is InChI=1S/C14H14N2O2/c17-16(18)13-8-4-7-11-12(9-15-14(11)13)10-5-2-1-3-6-10/h1-2,4,7-10,15H,3,5-6H2. The Kier molecular flexibility index (Phi) is 2.63. The summed E-state index contributed by atoms with van der Waals surface area (Å²) in [6.07, 6.45) is 9.56. The molecule has 1 N–H and O–H groups in total. The number of aromatic amines is 1. The molecule has 1 aromatic heterocycles. The molecule has 0 radical (unpaired) electrons. The maximum Gasteiger partial charge on any atom is 0.293 e. The van der Waals surface area contributed by atoms with E-state index in [1.807, 2.05) is 12.3 Å². The third kappa shape index (κ3) is 1.70. The number of nitrogens with one attached hydrogen (secondary N) is 1. The lowest BCUT2D eigenvalue weighted by Crippen LogP contribution is -1.99. The number of fused-ring (bicyclic) bond motifs is 1. The minimum Gasteiger partial charge on any atom is -0.355 e. The number of non-ortho nitro benzene ring substituents is 1. The average Bonchev–Trinajstić information content (AvgIpc) is 2.83. The molecule has 92 valence electrons. The summed E-state index contributed by atoms with van der Waals surface area (Å²) in [5, 5.41) is 12.0. The number of rotatable bonds is 2. The summed E-state index contributed by atoms with van der Waals surface area (Å²) >= 11 is 0. The van der Waals surface area contributed by atoms with Gasteiger partial charge in [-0.15, -0.1) is 0 Å². The molecule has 3 rings (SSSR count). The lowest BCUT2D eigenvalue weighted by molar-refractivity contribution is -0.383. The Balaban J connectivity index is 2.12. The fraction of sp³-hybridized carbons (Fsp3) is 0.286. The molecule has 0 bridgehead atoms. The van der Waals surface area contributed by atoms with Crippen LogP contribution < -0.4 is 0 Å². The Morgan fingerprint density at radius 2 is 2.22 bits per heavy atom. The topological polar surface area (TPSA) is 58.9 Å². The molecule has 0 aliphatic heterocycles. The van der Waals surface area contributed by atoms with Gasteiger partial charge >= 0.3 is 0 Å². The minimum atomic E-state index is -0.330. The molecule has 1 unspecified atom stereocenters. The normalized spacial score (nSPS) is 19.2. The molecule has 0 fully saturated rings. The van der Waals surface area contributed by atoms with E-state index in [-0.39, 0.29) is 10.6 Å². The van der Waals surface area contributed by atoms with Gasteiger partial charge in [0.25, 0.3) is 5.69 Å². The van der Waals surface area contributed by atoms with Gasteiger partial charge in [-0.1, -0.05) is 24.3 Å². The van der Waals surface area contributed by atoms with Gasteiger partial charge in [0.05, 0.1) is 4.92 Å². The number of nitrogens with zero attached hydrogens (tertiary/aromatic N) is 1. The third-order valence-electron chi connectivity index (χ3n) is 3.63. The number of aromatic nitrogens is 1. The van der Waals surface area contributed by atoms with Crippen LogP contribution in [-0.4, -0.2) is 9.91 Å². The number of hydrogen-bond acceptors (Lipinski definition) is 2. The van der Waals surface area contributed by atoms with E-state index in [0.717, 1.165) is 24.6 Å². The number of nitro benzene ring substituents is 1. The van der Waals surface area contributed by atoms with E-state index in [1.165, 1.54) is 5.56 Å². The second-order valence-corrected chi connectivity index (χ2v) is 4.68. The summed E-state index contributed by atoms with van der Waals surface area (Å²) in [5.74, 6) is 0.478. The zero-order valence-corrected chi connectivity index (χ0v) is 9.93. The van der Waals surface area contributed by atoms with E-state index in [9.17, 15) is 10.1 Å². The van der Waals surface area contributed by atoms with Crippen LogP contribution in [0.2, 0.25) is 0 Å².